The lowest BCUT2D eigenvalue weighted by atomic mass is 9.54. The molecule has 5 nitrogen and oxygen atoms in total. The van der Waals surface area contributed by atoms with Crippen molar-refractivity contribution >= 4 is 5.97 Å². The SMILES string of the molecule is C[C@H]1C(=O)O[C@@H]2O[C@]3(C)CC[C@@]4(C)CCCC1[C@@]24OO3. The zero-order chi connectivity index (χ0) is 14.2. The molecule has 0 amide bonds. The van der Waals surface area contributed by atoms with E-state index in [1.165, 1.54) is 0 Å². The molecule has 5 heteroatoms. The summed E-state index contributed by atoms with van der Waals surface area (Å²) < 4.78 is 11.6. The van der Waals surface area contributed by atoms with Gasteiger partial charge in [-0.25, -0.2) is 9.78 Å². The van der Waals surface area contributed by atoms with Crippen molar-refractivity contribution in [2.24, 2.45) is 17.3 Å². The van der Waals surface area contributed by atoms with Crippen LogP contribution in [0.2, 0.25) is 0 Å². The molecule has 4 saturated heterocycles. The standard InChI is InChI=1S/C15H22O5/c1-9-10-5-4-6-13(2)7-8-14(3)18-12(17-11(9)16)15(10,13)20-19-14/h9-10,12H,4-8H2,1-3H3/t9-,10?,12-,13-,14+,15-/m1/s1. The lowest BCUT2D eigenvalue weighted by molar-refractivity contribution is -0.564. The third-order valence-electron chi connectivity index (χ3n) is 6.13. The second-order valence-electron chi connectivity index (χ2n) is 7.33. The van der Waals surface area contributed by atoms with E-state index in [4.69, 9.17) is 19.2 Å². The molecular weight excluding hydrogens is 260 g/mol. The van der Waals surface area contributed by atoms with Gasteiger partial charge in [0.15, 0.2) is 5.60 Å². The van der Waals surface area contributed by atoms with Gasteiger partial charge in [-0.05, 0) is 26.2 Å². The number of esters is 1. The molecule has 6 atom stereocenters. The van der Waals surface area contributed by atoms with Crippen LogP contribution in [0, 0.1) is 17.3 Å². The summed E-state index contributed by atoms with van der Waals surface area (Å²) in [7, 11) is 0. The van der Waals surface area contributed by atoms with Crippen LogP contribution < -0.4 is 0 Å². The van der Waals surface area contributed by atoms with Gasteiger partial charge in [0.25, 0.3) is 0 Å². The first-order valence-electron chi connectivity index (χ1n) is 7.65. The highest BCUT2D eigenvalue weighted by atomic mass is 17.3. The smallest absolute Gasteiger partial charge is 0.311 e. The molecule has 5 rings (SSSR count). The Labute approximate surface area is 118 Å². The number of carbonyl (C=O) groups excluding carboxylic acids is 1. The number of carbonyl (C=O) groups is 1. The second-order valence-corrected chi connectivity index (χ2v) is 7.33. The summed E-state index contributed by atoms with van der Waals surface area (Å²) in [6, 6.07) is 0. The molecule has 1 saturated carbocycles. The van der Waals surface area contributed by atoms with Crippen molar-refractivity contribution in [3.8, 4) is 0 Å². The zero-order valence-electron chi connectivity index (χ0n) is 12.3. The van der Waals surface area contributed by atoms with E-state index in [0.717, 1.165) is 32.1 Å². The molecule has 20 heavy (non-hydrogen) atoms. The molecular formula is C15H22O5. The minimum absolute atomic E-state index is 0.0657. The van der Waals surface area contributed by atoms with Crippen LogP contribution in [0.5, 0.6) is 0 Å². The zero-order valence-corrected chi connectivity index (χ0v) is 12.3. The van der Waals surface area contributed by atoms with E-state index in [-0.39, 0.29) is 23.2 Å². The summed E-state index contributed by atoms with van der Waals surface area (Å²) in [6.45, 7) is 6.04. The van der Waals surface area contributed by atoms with Gasteiger partial charge < -0.3 is 9.47 Å². The Morgan fingerprint density at radius 2 is 1.95 bits per heavy atom. The number of fused-ring (bicyclic) bond motifs is 2. The van der Waals surface area contributed by atoms with Gasteiger partial charge in [-0.2, -0.15) is 0 Å². The van der Waals surface area contributed by atoms with Gasteiger partial charge in [-0.3, -0.25) is 4.79 Å². The molecule has 0 aromatic heterocycles. The summed E-state index contributed by atoms with van der Waals surface area (Å²) in [5.41, 5.74) is -0.710. The summed E-state index contributed by atoms with van der Waals surface area (Å²) in [4.78, 5) is 23.7. The van der Waals surface area contributed by atoms with Crippen LogP contribution in [0.3, 0.4) is 0 Å². The summed E-state index contributed by atoms with van der Waals surface area (Å²) in [5.74, 6) is -1.04. The highest BCUT2D eigenvalue weighted by Crippen LogP contribution is 2.63. The highest BCUT2D eigenvalue weighted by Gasteiger charge is 2.73. The first kappa shape index (κ1) is 13.0. The minimum Gasteiger partial charge on any atom is -0.432 e. The normalized spacial score (nSPS) is 57.8. The largest absolute Gasteiger partial charge is 0.432 e. The van der Waals surface area contributed by atoms with Gasteiger partial charge in [0, 0.05) is 17.8 Å². The Balaban J connectivity index is 1.88. The fourth-order valence-corrected chi connectivity index (χ4v) is 4.76. The summed E-state index contributed by atoms with van der Waals surface area (Å²) in [5, 5.41) is 0. The van der Waals surface area contributed by atoms with Crippen molar-refractivity contribution in [1.29, 1.82) is 0 Å². The number of rotatable bonds is 0. The minimum atomic E-state index is -0.804. The van der Waals surface area contributed by atoms with Crippen LogP contribution in [0.1, 0.15) is 52.9 Å². The van der Waals surface area contributed by atoms with E-state index < -0.39 is 17.7 Å². The molecule has 0 radical (unpaired) electrons. The lowest BCUT2D eigenvalue weighted by Gasteiger charge is -2.60. The van der Waals surface area contributed by atoms with Crippen LogP contribution in [0.4, 0.5) is 0 Å². The van der Waals surface area contributed by atoms with E-state index in [0.29, 0.717) is 0 Å². The van der Waals surface area contributed by atoms with Gasteiger partial charge >= 0.3 is 5.97 Å². The third kappa shape index (κ3) is 1.36. The number of hydrogen-bond donors (Lipinski definition) is 0. The van der Waals surface area contributed by atoms with Crippen molar-refractivity contribution in [3.05, 3.63) is 0 Å². The van der Waals surface area contributed by atoms with Gasteiger partial charge in [-0.15, -0.1) is 0 Å². The average Bonchev–Trinajstić information content (AvgIpc) is 2.58. The first-order chi connectivity index (χ1) is 9.40. The van der Waals surface area contributed by atoms with Gasteiger partial charge in [0.2, 0.25) is 12.1 Å². The van der Waals surface area contributed by atoms with Crippen molar-refractivity contribution in [1.82, 2.24) is 0 Å². The maximum atomic E-state index is 12.1. The molecule has 4 heterocycles. The first-order valence-corrected chi connectivity index (χ1v) is 7.65. The monoisotopic (exact) mass is 282 g/mol. The van der Waals surface area contributed by atoms with Gasteiger partial charge in [-0.1, -0.05) is 20.3 Å². The molecule has 1 spiro atoms. The van der Waals surface area contributed by atoms with Crippen molar-refractivity contribution in [3.63, 3.8) is 0 Å². The van der Waals surface area contributed by atoms with Crippen LogP contribution in [-0.4, -0.2) is 23.6 Å². The van der Waals surface area contributed by atoms with E-state index in [1.54, 1.807) is 0 Å². The maximum absolute atomic E-state index is 12.1. The van der Waals surface area contributed by atoms with Crippen LogP contribution in [0.25, 0.3) is 0 Å². The Hall–Kier alpha value is -0.650. The lowest BCUT2D eigenvalue weighted by Crippen LogP contribution is -2.71. The third-order valence-corrected chi connectivity index (χ3v) is 6.13. The van der Waals surface area contributed by atoms with Crippen molar-refractivity contribution in [2.45, 2.75) is 70.6 Å². The molecule has 5 aliphatic rings. The average molecular weight is 282 g/mol. The van der Waals surface area contributed by atoms with Crippen LogP contribution >= 0.6 is 0 Å². The molecule has 5 fully saturated rings. The van der Waals surface area contributed by atoms with Gasteiger partial charge in [0.1, 0.15) is 0 Å². The van der Waals surface area contributed by atoms with E-state index in [2.05, 4.69) is 6.92 Å². The van der Waals surface area contributed by atoms with Crippen LogP contribution in [-0.2, 0) is 24.0 Å². The predicted molar refractivity (Wildman–Crippen MR) is 68.1 cm³/mol. The Morgan fingerprint density at radius 3 is 2.75 bits per heavy atom. The highest BCUT2D eigenvalue weighted by molar-refractivity contribution is 5.74. The second kappa shape index (κ2) is 3.76. The predicted octanol–water partition coefficient (Wildman–Crippen LogP) is 2.54. The molecule has 0 aromatic carbocycles. The van der Waals surface area contributed by atoms with E-state index in [9.17, 15) is 4.79 Å². The molecule has 4 aliphatic heterocycles. The van der Waals surface area contributed by atoms with Crippen molar-refractivity contribution < 1.29 is 24.0 Å². The molecule has 1 unspecified atom stereocenters. The Morgan fingerprint density at radius 1 is 1.15 bits per heavy atom. The van der Waals surface area contributed by atoms with Crippen LogP contribution in [0.15, 0.2) is 0 Å². The van der Waals surface area contributed by atoms with Gasteiger partial charge in [0.05, 0.1) is 5.92 Å². The summed E-state index contributed by atoms with van der Waals surface area (Å²) >= 11 is 0. The molecule has 0 N–H and O–H groups in total. The topological polar surface area (TPSA) is 54.0 Å². The van der Waals surface area contributed by atoms with Crippen molar-refractivity contribution in [2.75, 3.05) is 0 Å². The fourth-order valence-electron chi connectivity index (χ4n) is 4.76. The molecule has 112 valence electrons. The number of hydrogen-bond acceptors (Lipinski definition) is 5. The number of ether oxygens (including phenoxy) is 2. The molecule has 1 aliphatic carbocycles. The Kier molecular flexibility index (Phi) is 2.45. The molecule has 2 bridgehead atoms. The molecule has 0 aromatic rings. The summed E-state index contributed by atoms with van der Waals surface area (Å²) in [6.07, 6.45) is 4.25. The fraction of sp³-hybridized carbons (Fsp3) is 0.933. The van der Waals surface area contributed by atoms with E-state index >= 15 is 0 Å². The quantitative estimate of drug-likeness (QED) is 0.505. The van der Waals surface area contributed by atoms with E-state index in [1.807, 2.05) is 13.8 Å². The maximum Gasteiger partial charge on any atom is 0.311 e. The Bertz CT molecular complexity index is 465.